The van der Waals surface area contributed by atoms with Crippen LogP contribution in [0.4, 0.5) is 0 Å². The van der Waals surface area contributed by atoms with Gasteiger partial charge < -0.3 is 5.73 Å². The highest BCUT2D eigenvalue weighted by Gasteiger charge is 2.64. The topological polar surface area (TPSA) is 26.0 Å². The molecule has 0 atom stereocenters. The van der Waals surface area contributed by atoms with Crippen molar-refractivity contribution in [1.29, 1.82) is 0 Å². The van der Waals surface area contributed by atoms with Crippen LogP contribution in [0, 0.1) is 6.92 Å². The van der Waals surface area contributed by atoms with Crippen molar-refractivity contribution in [3.05, 3.63) is 33.8 Å². The molecule has 0 unspecified atom stereocenters. The molecule has 1 aromatic carbocycles. The lowest BCUT2D eigenvalue weighted by atomic mass is 9.84. The van der Waals surface area contributed by atoms with Crippen molar-refractivity contribution in [2.75, 3.05) is 0 Å². The first-order chi connectivity index (χ1) is 7.09. The maximum atomic E-state index is 6.42. The summed E-state index contributed by atoms with van der Waals surface area (Å²) in [7, 11) is 0. The molecular formula is C13H16BrN. The fourth-order valence-corrected chi connectivity index (χ4v) is 3.27. The molecule has 0 heterocycles. The third kappa shape index (κ3) is 1.24. The Morgan fingerprint density at radius 2 is 1.87 bits per heavy atom. The van der Waals surface area contributed by atoms with Crippen LogP contribution in [0.1, 0.15) is 36.8 Å². The van der Waals surface area contributed by atoms with Crippen LogP contribution in [-0.2, 0) is 5.41 Å². The third-order valence-electron chi connectivity index (χ3n) is 4.28. The molecule has 0 saturated heterocycles. The average Bonchev–Trinajstić information content (AvgIpc) is 3.06. The summed E-state index contributed by atoms with van der Waals surface area (Å²) in [5.74, 6) is 0. The molecule has 0 aliphatic heterocycles. The monoisotopic (exact) mass is 265 g/mol. The highest BCUT2D eigenvalue weighted by atomic mass is 79.9. The molecule has 3 rings (SSSR count). The summed E-state index contributed by atoms with van der Waals surface area (Å²) in [6.07, 6.45) is 4.97. The highest BCUT2D eigenvalue weighted by molar-refractivity contribution is 9.10. The zero-order chi connectivity index (χ0) is 10.7. The van der Waals surface area contributed by atoms with Crippen molar-refractivity contribution < 1.29 is 0 Å². The summed E-state index contributed by atoms with van der Waals surface area (Å²) in [5.41, 5.74) is 9.73. The largest absolute Gasteiger partial charge is 0.324 e. The number of rotatable bonds is 2. The van der Waals surface area contributed by atoms with Crippen molar-refractivity contribution in [3.8, 4) is 0 Å². The Bertz CT molecular complexity index is 417. The Labute approximate surface area is 99.2 Å². The van der Waals surface area contributed by atoms with Gasteiger partial charge in [0.2, 0.25) is 0 Å². The van der Waals surface area contributed by atoms with E-state index >= 15 is 0 Å². The molecule has 1 aromatic rings. The van der Waals surface area contributed by atoms with Crippen molar-refractivity contribution in [2.24, 2.45) is 5.73 Å². The fourth-order valence-electron chi connectivity index (χ4n) is 2.90. The molecule has 0 aromatic heterocycles. The van der Waals surface area contributed by atoms with Gasteiger partial charge in [-0.2, -0.15) is 0 Å². The molecule has 0 amide bonds. The molecule has 2 saturated carbocycles. The van der Waals surface area contributed by atoms with Crippen LogP contribution < -0.4 is 5.73 Å². The first-order valence-electron chi connectivity index (χ1n) is 5.64. The van der Waals surface area contributed by atoms with Gasteiger partial charge in [0.25, 0.3) is 0 Å². The smallest absolute Gasteiger partial charge is 0.0253 e. The van der Waals surface area contributed by atoms with Gasteiger partial charge in [0, 0.05) is 15.4 Å². The van der Waals surface area contributed by atoms with Crippen LogP contribution in [-0.4, -0.2) is 5.54 Å². The van der Waals surface area contributed by atoms with Crippen molar-refractivity contribution >= 4 is 15.9 Å². The Kier molecular flexibility index (Phi) is 1.88. The van der Waals surface area contributed by atoms with Gasteiger partial charge in [-0.15, -0.1) is 0 Å². The lowest BCUT2D eigenvalue weighted by Gasteiger charge is -2.25. The maximum absolute atomic E-state index is 6.42. The van der Waals surface area contributed by atoms with Crippen LogP contribution in [0.15, 0.2) is 22.7 Å². The van der Waals surface area contributed by atoms with Gasteiger partial charge in [0.05, 0.1) is 0 Å². The molecule has 2 fully saturated rings. The molecule has 80 valence electrons. The van der Waals surface area contributed by atoms with Crippen LogP contribution in [0.5, 0.6) is 0 Å². The number of benzene rings is 1. The second-order valence-electron chi connectivity index (χ2n) is 5.15. The molecular weight excluding hydrogens is 250 g/mol. The molecule has 0 spiro atoms. The van der Waals surface area contributed by atoms with E-state index < -0.39 is 0 Å². The van der Waals surface area contributed by atoms with E-state index in [0.29, 0.717) is 5.41 Å². The molecule has 2 N–H and O–H groups in total. The summed E-state index contributed by atoms with van der Waals surface area (Å²) in [5, 5.41) is 0. The van der Waals surface area contributed by atoms with Gasteiger partial charge >= 0.3 is 0 Å². The minimum Gasteiger partial charge on any atom is -0.324 e. The van der Waals surface area contributed by atoms with E-state index in [9.17, 15) is 0 Å². The van der Waals surface area contributed by atoms with E-state index in [4.69, 9.17) is 5.73 Å². The Morgan fingerprint density at radius 1 is 1.20 bits per heavy atom. The van der Waals surface area contributed by atoms with Crippen LogP contribution in [0.3, 0.4) is 0 Å². The van der Waals surface area contributed by atoms with Crippen LogP contribution >= 0.6 is 15.9 Å². The minimum absolute atomic E-state index is 0.124. The minimum atomic E-state index is 0.124. The standard InChI is InChI=1S/C13H16BrN/c1-9-10(3-2-4-11(9)14)12(5-6-12)13(15)7-8-13/h2-4H,5-8,15H2,1H3. The zero-order valence-electron chi connectivity index (χ0n) is 9.02. The Balaban J connectivity index is 2.10. The second kappa shape index (κ2) is 2.86. The van der Waals surface area contributed by atoms with Crippen molar-refractivity contribution in [1.82, 2.24) is 0 Å². The third-order valence-corrected chi connectivity index (χ3v) is 5.13. The average molecular weight is 266 g/mol. The predicted octanol–water partition coefficient (Wildman–Crippen LogP) is 3.28. The van der Waals surface area contributed by atoms with E-state index in [-0.39, 0.29) is 5.54 Å². The second-order valence-corrected chi connectivity index (χ2v) is 6.00. The van der Waals surface area contributed by atoms with E-state index in [1.807, 2.05) is 0 Å². The predicted molar refractivity (Wildman–Crippen MR) is 65.9 cm³/mol. The molecule has 1 nitrogen and oxygen atoms in total. The summed E-state index contributed by atoms with van der Waals surface area (Å²) in [6.45, 7) is 2.20. The van der Waals surface area contributed by atoms with Gasteiger partial charge in [0.1, 0.15) is 0 Å². The normalized spacial score (nSPS) is 25.0. The van der Waals surface area contributed by atoms with Gasteiger partial charge in [-0.25, -0.2) is 0 Å². The maximum Gasteiger partial charge on any atom is 0.0253 e. The molecule has 0 bridgehead atoms. The van der Waals surface area contributed by atoms with Gasteiger partial charge in [-0.05, 0) is 49.8 Å². The zero-order valence-corrected chi connectivity index (χ0v) is 10.6. The number of hydrogen-bond acceptors (Lipinski definition) is 1. The number of halogens is 1. The van der Waals surface area contributed by atoms with Gasteiger partial charge in [-0.1, -0.05) is 28.1 Å². The van der Waals surface area contributed by atoms with E-state index in [1.54, 1.807) is 0 Å². The summed E-state index contributed by atoms with van der Waals surface area (Å²) in [6, 6.07) is 6.52. The first-order valence-corrected chi connectivity index (χ1v) is 6.43. The lowest BCUT2D eigenvalue weighted by Crippen LogP contribution is -2.37. The van der Waals surface area contributed by atoms with Crippen LogP contribution in [0.2, 0.25) is 0 Å². The summed E-state index contributed by atoms with van der Waals surface area (Å²) < 4.78 is 1.22. The summed E-state index contributed by atoms with van der Waals surface area (Å²) >= 11 is 3.61. The van der Waals surface area contributed by atoms with Crippen LogP contribution in [0.25, 0.3) is 0 Å². The highest BCUT2D eigenvalue weighted by Crippen LogP contribution is 2.64. The van der Waals surface area contributed by atoms with Crippen molar-refractivity contribution in [2.45, 2.75) is 43.6 Å². The Morgan fingerprint density at radius 3 is 2.40 bits per heavy atom. The van der Waals surface area contributed by atoms with Gasteiger partial charge in [0.15, 0.2) is 0 Å². The first kappa shape index (κ1) is 9.86. The molecule has 15 heavy (non-hydrogen) atoms. The van der Waals surface area contributed by atoms with E-state index in [1.165, 1.54) is 41.3 Å². The quantitative estimate of drug-likeness (QED) is 0.873. The fraction of sp³-hybridized carbons (Fsp3) is 0.538. The SMILES string of the molecule is Cc1c(Br)cccc1C1(C2(N)CC2)CC1. The van der Waals surface area contributed by atoms with E-state index in [0.717, 1.165) is 0 Å². The molecule has 2 heteroatoms. The van der Waals surface area contributed by atoms with Gasteiger partial charge in [-0.3, -0.25) is 0 Å². The molecule has 2 aliphatic rings. The lowest BCUT2D eigenvalue weighted by molar-refractivity contribution is 0.501. The molecule has 2 aliphatic carbocycles. The van der Waals surface area contributed by atoms with Crippen molar-refractivity contribution in [3.63, 3.8) is 0 Å². The Hall–Kier alpha value is -0.340. The molecule has 0 radical (unpaired) electrons. The van der Waals surface area contributed by atoms with E-state index in [2.05, 4.69) is 41.1 Å². The number of nitrogens with two attached hydrogens (primary N) is 1. The summed E-state index contributed by atoms with van der Waals surface area (Å²) in [4.78, 5) is 0. The number of hydrogen-bond donors (Lipinski definition) is 1.